The lowest BCUT2D eigenvalue weighted by Gasteiger charge is -2.16. The fourth-order valence-corrected chi connectivity index (χ4v) is 5.79. The molecule has 0 atom stereocenters. The van der Waals surface area contributed by atoms with E-state index in [-0.39, 0.29) is 0 Å². The summed E-state index contributed by atoms with van der Waals surface area (Å²) >= 11 is 2.57. The molecule has 0 bridgehead atoms. The topological polar surface area (TPSA) is 0 Å². The van der Waals surface area contributed by atoms with Crippen LogP contribution in [-0.2, 0) is 0 Å². The maximum atomic E-state index is 2.57. The Morgan fingerprint density at radius 1 is 0.333 bits per heavy atom. The molecule has 200 valence electrons. The van der Waals surface area contributed by atoms with E-state index in [2.05, 4.69) is 36.4 Å². The molecule has 0 aliphatic heterocycles. The van der Waals surface area contributed by atoms with Gasteiger partial charge >= 0.3 is 0 Å². The Balaban J connectivity index is 3.49. The third-order valence-corrected chi connectivity index (χ3v) is 8.44. The highest BCUT2D eigenvalue weighted by molar-refractivity contribution is 14.1. The van der Waals surface area contributed by atoms with Gasteiger partial charge in [-0.15, -0.1) is 0 Å². The molecular formula is C32H65I. The molecule has 0 aromatic heterocycles. The molecule has 0 saturated heterocycles. The van der Waals surface area contributed by atoms with Crippen LogP contribution < -0.4 is 0 Å². The Bertz CT molecular complexity index is 298. The van der Waals surface area contributed by atoms with E-state index in [0.717, 1.165) is 5.92 Å². The van der Waals surface area contributed by atoms with Crippen LogP contribution in [0.5, 0.6) is 0 Å². The number of rotatable bonds is 29. The van der Waals surface area contributed by atoms with Crippen LogP contribution in [-0.4, -0.2) is 4.43 Å². The van der Waals surface area contributed by atoms with Crippen LogP contribution >= 0.6 is 22.6 Å². The summed E-state index contributed by atoms with van der Waals surface area (Å²) in [4.78, 5) is 0. The van der Waals surface area contributed by atoms with E-state index < -0.39 is 0 Å². The van der Waals surface area contributed by atoms with Crippen molar-refractivity contribution in [3.05, 3.63) is 0 Å². The quantitative estimate of drug-likeness (QED) is 0.0472. The lowest BCUT2D eigenvalue weighted by atomic mass is 9.90. The summed E-state index contributed by atoms with van der Waals surface area (Å²) in [5.41, 5.74) is 0. The van der Waals surface area contributed by atoms with E-state index in [4.69, 9.17) is 0 Å². The number of halogens is 1. The molecule has 0 spiro atoms. The Labute approximate surface area is 225 Å². The molecule has 0 radical (unpaired) electrons. The van der Waals surface area contributed by atoms with Crippen LogP contribution in [0.2, 0.25) is 0 Å². The van der Waals surface area contributed by atoms with E-state index >= 15 is 0 Å². The number of unbranched alkanes of at least 4 members (excludes halogenated alkanes) is 22. The zero-order valence-corrected chi connectivity index (χ0v) is 25.6. The van der Waals surface area contributed by atoms with Crippen molar-refractivity contribution in [3.63, 3.8) is 0 Å². The van der Waals surface area contributed by atoms with Gasteiger partial charge in [0, 0.05) is 0 Å². The van der Waals surface area contributed by atoms with E-state index in [0.29, 0.717) is 0 Å². The molecule has 0 aliphatic carbocycles. The zero-order chi connectivity index (χ0) is 24.1. The lowest BCUT2D eigenvalue weighted by Crippen LogP contribution is -2.02. The summed E-state index contributed by atoms with van der Waals surface area (Å²) in [5.74, 6) is 1.03. The van der Waals surface area contributed by atoms with Gasteiger partial charge in [0.15, 0.2) is 0 Å². The highest BCUT2D eigenvalue weighted by Crippen LogP contribution is 2.24. The fraction of sp³-hybridized carbons (Fsp3) is 1.00. The predicted octanol–water partition coefficient (Wildman–Crippen LogP) is 13.0. The first-order valence-electron chi connectivity index (χ1n) is 15.9. The van der Waals surface area contributed by atoms with Gasteiger partial charge in [-0.25, -0.2) is 0 Å². The molecule has 1 heteroatoms. The van der Waals surface area contributed by atoms with Gasteiger partial charge in [-0.2, -0.15) is 0 Å². The molecule has 0 aromatic rings. The van der Waals surface area contributed by atoms with Gasteiger partial charge in [-0.05, 0) is 23.2 Å². The largest absolute Gasteiger partial charge is 0.0864 e. The van der Waals surface area contributed by atoms with Crippen LogP contribution in [0.4, 0.5) is 0 Å². The van der Waals surface area contributed by atoms with Crippen LogP contribution in [0.3, 0.4) is 0 Å². The molecule has 0 fully saturated rings. The number of alkyl halides is 1. The summed E-state index contributed by atoms with van der Waals surface area (Å²) in [6.07, 6.45) is 41.4. The van der Waals surface area contributed by atoms with Crippen molar-refractivity contribution in [1.29, 1.82) is 0 Å². The van der Waals surface area contributed by atoms with Crippen molar-refractivity contribution < 1.29 is 0 Å². The highest BCUT2D eigenvalue weighted by atomic mass is 127. The molecule has 0 heterocycles. The van der Waals surface area contributed by atoms with Gasteiger partial charge in [0.25, 0.3) is 0 Å². The predicted molar refractivity (Wildman–Crippen MR) is 163 cm³/mol. The second-order valence-corrected chi connectivity index (χ2v) is 12.1. The van der Waals surface area contributed by atoms with Gasteiger partial charge < -0.3 is 0 Å². The first-order valence-corrected chi connectivity index (χ1v) is 17.4. The van der Waals surface area contributed by atoms with Crippen molar-refractivity contribution >= 4 is 22.6 Å². The maximum absolute atomic E-state index is 2.57. The smallest absolute Gasteiger partial charge is 0.000463 e. The van der Waals surface area contributed by atoms with Gasteiger partial charge in [-0.3, -0.25) is 0 Å². The Morgan fingerprint density at radius 2 is 0.576 bits per heavy atom. The molecule has 0 aliphatic rings. The minimum absolute atomic E-state index is 1.03. The SMILES string of the molecule is CCCCCCCCCCCCCCC(CCCI)CCCCCCCCCCCCCC. The highest BCUT2D eigenvalue weighted by Gasteiger charge is 2.08. The fourth-order valence-electron chi connectivity index (χ4n) is 5.35. The molecule has 0 rings (SSSR count). The van der Waals surface area contributed by atoms with E-state index in [1.165, 1.54) is 184 Å². The molecule has 0 saturated carbocycles. The normalized spacial score (nSPS) is 11.6. The van der Waals surface area contributed by atoms with Gasteiger partial charge in [0.05, 0.1) is 0 Å². The molecule has 33 heavy (non-hydrogen) atoms. The Hall–Kier alpha value is 0.730. The van der Waals surface area contributed by atoms with E-state index in [1.54, 1.807) is 0 Å². The first-order chi connectivity index (χ1) is 16.3. The Kier molecular flexibility index (Phi) is 31.4. The summed E-state index contributed by atoms with van der Waals surface area (Å²) < 4.78 is 1.35. The molecule has 0 unspecified atom stereocenters. The van der Waals surface area contributed by atoms with Crippen LogP contribution in [0.15, 0.2) is 0 Å². The molecule has 0 aromatic carbocycles. The van der Waals surface area contributed by atoms with Crippen LogP contribution in [0.1, 0.15) is 194 Å². The third-order valence-electron chi connectivity index (χ3n) is 7.68. The van der Waals surface area contributed by atoms with Crippen molar-refractivity contribution in [2.24, 2.45) is 5.92 Å². The van der Waals surface area contributed by atoms with E-state index in [9.17, 15) is 0 Å². The summed E-state index contributed by atoms with van der Waals surface area (Å²) in [5, 5.41) is 0. The minimum atomic E-state index is 1.03. The average Bonchev–Trinajstić information content (AvgIpc) is 2.83. The second kappa shape index (κ2) is 30.8. The van der Waals surface area contributed by atoms with Gasteiger partial charge in [-0.1, -0.05) is 203 Å². The van der Waals surface area contributed by atoms with Crippen molar-refractivity contribution in [2.45, 2.75) is 194 Å². The lowest BCUT2D eigenvalue weighted by molar-refractivity contribution is 0.378. The molecule has 0 N–H and O–H groups in total. The van der Waals surface area contributed by atoms with Crippen molar-refractivity contribution in [3.8, 4) is 0 Å². The van der Waals surface area contributed by atoms with Crippen molar-refractivity contribution in [2.75, 3.05) is 4.43 Å². The maximum Gasteiger partial charge on any atom is -0.000463 e. The van der Waals surface area contributed by atoms with Crippen LogP contribution in [0, 0.1) is 5.92 Å². The minimum Gasteiger partial charge on any atom is -0.0864 e. The first kappa shape index (κ1) is 33.7. The Morgan fingerprint density at radius 3 is 0.848 bits per heavy atom. The number of hydrogen-bond donors (Lipinski definition) is 0. The molecular weight excluding hydrogens is 511 g/mol. The standard InChI is InChI=1S/C32H65I/c1-3-5-7-9-11-13-15-17-19-21-23-25-28-32(30-27-31-33)29-26-24-22-20-18-16-14-12-10-8-6-4-2/h32H,3-31H2,1-2H3. The van der Waals surface area contributed by atoms with E-state index in [1.807, 2.05) is 0 Å². The molecule has 0 amide bonds. The van der Waals surface area contributed by atoms with Gasteiger partial charge in [0.2, 0.25) is 0 Å². The second-order valence-electron chi connectivity index (χ2n) is 11.1. The summed E-state index contributed by atoms with van der Waals surface area (Å²) in [6.45, 7) is 4.62. The number of hydrogen-bond acceptors (Lipinski definition) is 0. The van der Waals surface area contributed by atoms with Gasteiger partial charge in [0.1, 0.15) is 0 Å². The van der Waals surface area contributed by atoms with Crippen molar-refractivity contribution in [1.82, 2.24) is 0 Å². The molecule has 0 nitrogen and oxygen atoms in total. The average molecular weight is 577 g/mol. The zero-order valence-electron chi connectivity index (χ0n) is 23.5. The summed E-state index contributed by atoms with van der Waals surface area (Å²) in [6, 6.07) is 0. The summed E-state index contributed by atoms with van der Waals surface area (Å²) in [7, 11) is 0. The van der Waals surface area contributed by atoms with Crippen LogP contribution in [0.25, 0.3) is 0 Å². The monoisotopic (exact) mass is 576 g/mol. The third kappa shape index (κ3) is 28.9.